The van der Waals surface area contributed by atoms with E-state index in [0.717, 1.165) is 13.1 Å². The lowest BCUT2D eigenvalue weighted by Crippen LogP contribution is -2.27. The zero-order valence-corrected chi connectivity index (χ0v) is 12.4. The molecule has 0 bridgehead atoms. The third kappa shape index (κ3) is 6.18. The van der Waals surface area contributed by atoms with Crippen molar-refractivity contribution in [3.8, 4) is 0 Å². The van der Waals surface area contributed by atoms with Crippen LogP contribution in [0, 0.1) is 6.92 Å². The van der Waals surface area contributed by atoms with Crippen molar-refractivity contribution in [3.63, 3.8) is 0 Å². The van der Waals surface area contributed by atoms with Crippen LogP contribution in [0.5, 0.6) is 0 Å². The van der Waals surface area contributed by atoms with Gasteiger partial charge in [0.1, 0.15) is 0 Å². The summed E-state index contributed by atoms with van der Waals surface area (Å²) in [5.74, 6) is 0. The first-order valence-corrected chi connectivity index (χ1v) is 7.06. The minimum atomic E-state index is 0.658. The third-order valence-electron chi connectivity index (χ3n) is 3.45. The van der Waals surface area contributed by atoms with Crippen LogP contribution in [0.2, 0.25) is 0 Å². The maximum Gasteiger partial charge on any atom is 0.0205 e. The smallest absolute Gasteiger partial charge is 0.0205 e. The Hall–Kier alpha value is -0.860. The summed E-state index contributed by atoms with van der Waals surface area (Å²) >= 11 is 0. The highest BCUT2D eigenvalue weighted by Crippen LogP contribution is 2.02. The van der Waals surface area contributed by atoms with E-state index >= 15 is 0 Å². The van der Waals surface area contributed by atoms with E-state index in [-0.39, 0.29) is 0 Å². The van der Waals surface area contributed by atoms with Gasteiger partial charge in [-0.15, -0.1) is 0 Å². The molecule has 1 rings (SSSR count). The van der Waals surface area contributed by atoms with Crippen LogP contribution in [0.15, 0.2) is 24.3 Å². The molecule has 0 fully saturated rings. The first kappa shape index (κ1) is 15.2. The molecule has 0 heterocycles. The van der Waals surface area contributed by atoms with E-state index in [2.05, 4.69) is 62.3 Å². The molecule has 0 atom stereocenters. The van der Waals surface area contributed by atoms with Crippen molar-refractivity contribution >= 4 is 0 Å². The summed E-state index contributed by atoms with van der Waals surface area (Å²) in [6.07, 6.45) is 2.53. The Morgan fingerprint density at radius 1 is 1.11 bits per heavy atom. The SMILES string of the molecule is Cc1ccc(CNCCCCN(C)C(C)C)cc1. The minimum Gasteiger partial charge on any atom is -0.313 e. The highest BCUT2D eigenvalue weighted by Gasteiger charge is 2.01. The Kier molecular flexibility index (Phi) is 6.99. The second-order valence-corrected chi connectivity index (χ2v) is 5.44. The minimum absolute atomic E-state index is 0.658. The van der Waals surface area contributed by atoms with Crippen molar-refractivity contribution in [2.45, 2.75) is 46.2 Å². The lowest BCUT2D eigenvalue weighted by Gasteiger charge is -2.20. The van der Waals surface area contributed by atoms with Gasteiger partial charge in [0.05, 0.1) is 0 Å². The summed E-state index contributed by atoms with van der Waals surface area (Å²) < 4.78 is 0. The molecule has 1 aromatic carbocycles. The fourth-order valence-electron chi connectivity index (χ4n) is 1.81. The average Bonchev–Trinajstić information content (AvgIpc) is 2.35. The second kappa shape index (κ2) is 8.28. The summed E-state index contributed by atoms with van der Waals surface area (Å²) in [4.78, 5) is 2.40. The molecule has 1 N–H and O–H groups in total. The average molecular weight is 248 g/mol. The molecule has 0 aliphatic carbocycles. The first-order chi connectivity index (χ1) is 8.59. The second-order valence-electron chi connectivity index (χ2n) is 5.44. The molecule has 102 valence electrons. The van der Waals surface area contributed by atoms with Crippen LogP contribution in [0.1, 0.15) is 37.8 Å². The van der Waals surface area contributed by atoms with Gasteiger partial charge in [0.2, 0.25) is 0 Å². The van der Waals surface area contributed by atoms with Crippen molar-refractivity contribution < 1.29 is 0 Å². The van der Waals surface area contributed by atoms with Crippen molar-refractivity contribution in [1.29, 1.82) is 0 Å². The molecule has 1 aromatic rings. The normalized spacial score (nSPS) is 11.4. The molecule has 0 saturated carbocycles. The molecule has 2 nitrogen and oxygen atoms in total. The van der Waals surface area contributed by atoms with E-state index in [0.29, 0.717) is 6.04 Å². The molecular formula is C16H28N2. The van der Waals surface area contributed by atoms with Gasteiger partial charge in [-0.2, -0.15) is 0 Å². The van der Waals surface area contributed by atoms with Gasteiger partial charge in [0.25, 0.3) is 0 Å². The van der Waals surface area contributed by atoms with Crippen molar-refractivity contribution in [2.24, 2.45) is 0 Å². The maximum atomic E-state index is 3.51. The highest BCUT2D eigenvalue weighted by molar-refractivity contribution is 5.20. The Morgan fingerprint density at radius 3 is 2.39 bits per heavy atom. The molecular weight excluding hydrogens is 220 g/mol. The number of nitrogens with zero attached hydrogens (tertiary/aromatic N) is 1. The van der Waals surface area contributed by atoms with E-state index in [9.17, 15) is 0 Å². The largest absolute Gasteiger partial charge is 0.313 e. The van der Waals surface area contributed by atoms with Gasteiger partial charge in [0, 0.05) is 12.6 Å². The number of hydrogen-bond acceptors (Lipinski definition) is 2. The Labute approximate surface area is 112 Å². The first-order valence-electron chi connectivity index (χ1n) is 7.06. The molecule has 0 spiro atoms. The summed E-state index contributed by atoms with van der Waals surface area (Å²) in [6.45, 7) is 9.91. The third-order valence-corrected chi connectivity index (χ3v) is 3.45. The quantitative estimate of drug-likeness (QED) is 0.711. The molecule has 2 heteroatoms. The predicted octanol–water partition coefficient (Wildman–Crippen LogP) is 3.21. The molecule has 0 aromatic heterocycles. The summed E-state index contributed by atoms with van der Waals surface area (Å²) in [5, 5.41) is 3.51. The monoisotopic (exact) mass is 248 g/mol. The number of aryl methyl sites for hydroxylation is 1. The maximum absolute atomic E-state index is 3.51. The van der Waals surface area contributed by atoms with Crippen LogP contribution in [0.4, 0.5) is 0 Å². The fourth-order valence-corrected chi connectivity index (χ4v) is 1.81. The molecule has 0 radical (unpaired) electrons. The fraction of sp³-hybridized carbons (Fsp3) is 0.625. The van der Waals surface area contributed by atoms with Gasteiger partial charge in [-0.25, -0.2) is 0 Å². The van der Waals surface area contributed by atoms with Crippen molar-refractivity contribution in [1.82, 2.24) is 10.2 Å². The van der Waals surface area contributed by atoms with Crippen LogP contribution in [-0.4, -0.2) is 31.1 Å². The van der Waals surface area contributed by atoms with E-state index < -0.39 is 0 Å². The predicted molar refractivity (Wildman–Crippen MR) is 79.9 cm³/mol. The summed E-state index contributed by atoms with van der Waals surface area (Å²) in [7, 11) is 2.20. The highest BCUT2D eigenvalue weighted by atomic mass is 15.1. The van der Waals surface area contributed by atoms with Crippen LogP contribution in [0.25, 0.3) is 0 Å². The van der Waals surface area contributed by atoms with Gasteiger partial charge >= 0.3 is 0 Å². The molecule has 0 unspecified atom stereocenters. The number of hydrogen-bond donors (Lipinski definition) is 1. The lowest BCUT2D eigenvalue weighted by atomic mass is 10.1. The van der Waals surface area contributed by atoms with Gasteiger partial charge in [-0.1, -0.05) is 29.8 Å². The number of rotatable bonds is 8. The van der Waals surface area contributed by atoms with Crippen LogP contribution in [-0.2, 0) is 6.54 Å². The standard InChI is InChI=1S/C16H28N2/c1-14(2)18(4)12-6-5-11-17-13-16-9-7-15(3)8-10-16/h7-10,14,17H,5-6,11-13H2,1-4H3. The van der Waals surface area contributed by atoms with E-state index in [1.165, 1.54) is 30.5 Å². The van der Waals surface area contributed by atoms with Crippen LogP contribution >= 0.6 is 0 Å². The number of nitrogens with one attached hydrogen (secondary N) is 1. The van der Waals surface area contributed by atoms with Crippen LogP contribution < -0.4 is 5.32 Å². The van der Waals surface area contributed by atoms with Gasteiger partial charge < -0.3 is 10.2 Å². The van der Waals surface area contributed by atoms with E-state index in [1.54, 1.807) is 0 Å². The molecule has 0 amide bonds. The molecule has 0 saturated heterocycles. The Bertz CT molecular complexity index is 316. The molecule has 0 aliphatic heterocycles. The van der Waals surface area contributed by atoms with E-state index in [1.807, 2.05) is 0 Å². The van der Waals surface area contributed by atoms with Crippen LogP contribution in [0.3, 0.4) is 0 Å². The topological polar surface area (TPSA) is 15.3 Å². The van der Waals surface area contributed by atoms with Crippen molar-refractivity contribution in [3.05, 3.63) is 35.4 Å². The van der Waals surface area contributed by atoms with Gasteiger partial charge in [0.15, 0.2) is 0 Å². The van der Waals surface area contributed by atoms with Gasteiger partial charge in [-0.3, -0.25) is 0 Å². The molecule has 18 heavy (non-hydrogen) atoms. The van der Waals surface area contributed by atoms with Gasteiger partial charge in [-0.05, 0) is 59.3 Å². The summed E-state index contributed by atoms with van der Waals surface area (Å²) in [5.41, 5.74) is 2.70. The number of unbranched alkanes of at least 4 members (excludes halogenated alkanes) is 1. The zero-order chi connectivity index (χ0) is 13.4. The molecule has 0 aliphatic rings. The Morgan fingerprint density at radius 2 is 1.78 bits per heavy atom. The van der Waals surface area contributed by atoms with E-state index in [4.69, 9.17) is 0 Å². The zero-order valence-electron chi connectivity index (χ0n) is 12.4. The lowest BCUT2D eigenvalue weighted by molar-refractivity contribution is 0.268. The van der Waals surface area contributed by atoms with Crippen molar-refractivity contribution in [2.75, 3.05) is 20.1 Å². The Balaban J connectivity index is 2.03. The summed E-state index contributed by atoms with van der Waals surface area (Å²) in [6, 6.07) is 9.41. The number of benzene rings is 1.